The van der Waals surface area contributed by atoms with E-state index in [1.807, 2.05) is 20.2 Å². The monoisotopic (exact) mass is 267 g/mol. The number of likely N-dealkylation sites (N-methyl/N-ethyl adjacent to an activating group) is 1. The predicted molar refractivity (Wildman–Crippen MR) is 75.7 cm³/mol. The van der Waals surface area contributed by atoms with Crippen LogP contribution in [0.3, 0.4) is 0 Å². The van der Waals surface area contributed by atoms with Gasteiger partial charge in [-0.2, -0.15) is 0 Å². The van der Waals surface area contributed by atoms with E-state index in [1.165, 1.54) is 0 Å². The Morgan fingerprint density at radius 3 is 2.74 bits per heavy atom. The third kappa shape index (κ3) is 5.67. The molecule has 6 nitrogen and oxygen atoms in total. The topological polar surface area (TPSA) is 67.6 Å². The smallest absolute Gasteiger partial charge is 0.274 e. The lowest BCUT2D eigenvalue weighted by Crippen LogP contribution is -2.20. The standard InChI is InChI=1S/C13H21N3O3/c1-11-4-5-12(10-13(11)16(17)18)14-6-8-19-9-7-15(2)3/h4-5,10,14H,6-9H2,1-3H3. The first kappa shape index (κ1) is 15.4. The van der Waals surface area contributed by atoms with Crippen molar-refractivity contribution in [1.29, 1.82) is 0 Å². The second-order valence-electron chi connectivity index (χ2n) is 4.60. The van der Waals surface area contributed by atoms with Crippen LogP contribution >= 0.6 is 0 Å². The Hall–Kier alpha value is -1.66. The number of hydrogen-bond acceptors (Lipinski definition) is 5. The third-order valence-corrected chi connectivity index (χ3v) is 2.66. The average Bonchev–Trinajstić information content (AvgIpc) is 2.34. The fourth-order valence-electron chi connectivity index (χ4n) is 1.53. The molecule has 0 saturated heterocycles. The summed E-state index contributed by atoms with van der Waals surface area (Å²) in [4.78, 5) is 12.5. The maximum absolute atomic E-state index is 10.8. The van der Waals surface area contributed by atoms with Crippen LogP contribution in [-0.2, 0) is 4.74 Å². The summed E-state index contributed by atoms with van der Waals surface area (Å²) >= 11 is 0. The average molecular weight is 267 g/mol. The van der Waals surface area contributed by atoms with E-state index >= 15 is 0 Å². The van der Waals surface area contributed by atoms with Crippen molar-refractivity contribution in [3.05, 3.63) is 33.9 Å². The molecule has 1 aromatic rings. The zero-order valence-electron chi connectivity index (χ0n) is 11.7. The molecular weight excluding hydrogens is 246 g/mol. The second kappa shape index (κ2) is 7.70. The molecule has 0 radical (unpaired) electrons. The number of benzene rings is 1. The highest BCUT2D eigenvalue weighted by Crippen LogP contribution is 2.21. The highest BCUT2D eigenvalue weighted by Gasteiger charge is 2.10. The van der Waals surface area contributed by atoms with Crippen LogP contribution in [-0.4, -0.2) is 50.2 Å². The van der Waals surface area contributed by atoms with Crippen LogP contribution in [0.25, 0.3) is 0 Å². The van der Waals surface area contributed by atoms with E-state index in [0.29, 0.717) is 25.3 Å². The molecule has 0 aliphatic rings. The van der Waals surface area contributed by atoms with Crippen LogP contribution in [0.15, 0.2) is 18.2 Å². The molecule has 1 rings (SSSR count). The molecule has 0 aliphatic carbocycles. The number of nitrogens with zero attached hydrogens (tertiary/aromatic N) is 2. The van der Waals surface area contributed by atoms with E-state index < -0.39 is 0 Å². The van der Waals surface area contributed by atoms with Crippen molar-refractivity contribution >= 4 is 11.4 Å². The first-order valence-electron chi connectivity index (χ1n) is 6.22. The van der Waals surface area contributed by atoms with Crippen molar-refractivity contribution in [1.82, 2.24) is 4.90 Å². The van der Waals surface area contributed by atoms with Crippen LogP contribution in [0.5, 0.6) is 0 Å². The Balaban J connectivity index is 2.34. The van der Waals surface area contributed by atoms with E-state index in [9.17, 15) is 10.1 Å². The Kier molecular flexibility index (Phi) is 6.24. The molecule has 19 heavy (non-hydrogen) atoms. The third-order valence-electron chi connectivity index (χ3n) is 2.66. The summed E-state index contributed by atoms with van der Waals surface area (Å²) in [6, 6.07) is 5.13. The van der Waals surface area contributed by atoms with E-state index in [4.69, 9.17) is 4.74 Å². The number of nitro benzene ring substituents is 1. The molecule has 0 aliphatic heterocycles. The number of rotatable bonds is 8. The fraction of sp³-hybridized carbons (Fsp3) is 0.538. The van der Waals surface area contributed by atoms with Gasteiger partial charge in [-0.1, -0.05) is 6.07 Å². The van der Waals surface area contributed by atoms with Crippen molar-refractivity contribution < 1.29 is 9.66 Å². The van der Waals surface area contributed by atoms with E-state index in [2.05, 4.69) is 10.2 Å². The van der Waals surface area contributed by atoms with Crippen LogP contribution in [0.1, 0.15) is 5.56 Å². The first-order valence-corrected chi connectivity index (χ1v) is 6.22. The molecule has 1 N–H and O–H groups in total. The van der Waals surface area contributed by atoms with Gasteiger partial charge in [0, 0.05) is 30.4 Å². The summed E-state index contributed by atoms with van der Waals surface area (Å²) in [5.41, 5.74) is 1.55. The summed E-state index contributed by atoms with van der Waals surface area (Å²) < 4.78 is 5.43. The highest BCUT2D eigenvalue weighted by molar-refractivity contribution is 5.54. The molecule has 0 bridgehead atoms. The Labute approximate surface area is 113 Å². The Morgan fingerprint density at radius 2 is 2.11 bits per heavy atom. The molecule has 1 aromatic carbocycles. The Morgan fingerprint density at radius 1 is 1.37 bits per heavy atom. The zero-order chi connectivity index (χ0) is 14.3. The molecule has 0 spiro atoms. The van der Waals surface area contributed by atoms with Crippen molar-refractivity contribution in [2.75, 3.05) is 45.7 Å². The van der Waals surface area contributed by atoms with Gasteiger partial charge in [0.2, 0.25) is 0 Å². The lowest BCUT2D eigenvalue weighted by Gasteiger charge is -2.11. The van der Waals surface area contributed by atoms with Gasteiger partial charge in [0.25, 0.3) is 5.69 Å². The molecule has 6 heteroatoms. The van der Waals surface area contributed by atoms with Gasteiger partial charge in [0.15, 0.2) is 0 Å². The van der Waals surface area contributed by atoms with Gasteiger partial charge in [0.05, 0.1) is 18.1 Å². The zero-order valence-corrected chi connectivity index (χ0v) is 11.7. The van der Waals surface area contributed by atoms with Gasteiger partial charge in [-0.05, 0) is 27.1 Å². The molecular formula is C13H21N3O3. The molecule has 0 unspecified atom stereocenters. The minimum Gasteiger partial charge on any atom is -0.383 e. The maximum Gasteiger partial charge on any atom is 0.274 e. The van der Waals surface area contributed by atoms with Gasteiger partial charge in [-0.25, -0.2) is 0 Å². The predicted octanol–water partition coefficient (Wildman–Crippen LogP) is 1.89. The van der Waals surface area contributed by atoms with Gasteiger partial charge in [-0.3, -0.25) is 10.1 Å². The van der Waals surface area contributed by atoms with Gasteiger partial charge in [-0.15, -0.1) is 0 Å². The van der Waals surface area contributed by atoms with Crippen molar-refractivity contribution in [3.63, 3.8) is 0 Å². The number of nitrogens with one attached hydrogen (secondary N) is 1. The van der Waals surface area contributed by atoms with Crippen LogP contribution in [0, 0.1) is 17.0 Å². The summed E-state index contributed by atoms with van der Waals surface area (Å²) in [6.45, 7) is 4.51. The summed E-state index contributed by atoms with van der Waals surface area (Å²) in [5, 5.41) is 13.9. The van der Waals surface area contributed by atoms with E-state index in [0.717, 1.165) is 12.2 Å². The van der Waals surface area contributed by atoms with E-state index in [-0.39, 0.29) is 10.6 Å². The number of ether oxygens (including phenoxy) is 1. The first-order chi connectivity index (χ1) is 9.00. The fourth-order valence-corrected chi connectivity index (χ4v) is 1.53. The van der Waals surface area contributed by atoms with Gasteiger partial charge < -0.3 is 15.0 Å². The quantitative estimate of drug-likeness (QED) is 0.442. The van der Waals surface area contributed by atoms with Crippen LogP contribution in [0.4, 0.5) is 11.4 Å². The van der Waals surface area contributed by atoms with Crippen molar-refractivity contribution in [2.24, 2.45) is 0 Å². The SMILES string of the molecule is Cc1ccc(NCCOCCN(C)C)cc1[N+](=O)[O-]. The normalized spacial score (nSPS) is 10.7. The molecule has 106 valence electrons. The largest absolute Gasteiger partial charge is 0.383 e. The lowest BCUT2D eigenvalue weighted by molar-refractivity contribution is -0.385. The lowest BCUT2D eigenvalue weighted by atomic mass is 10.2. The minimum absolute atomic E-state index is 0.138. The molecule has 0 atom stereocenters. The maximum atomic E-state index is 10.8. The highest BCUT2D eigenvalue weighted by atomic mass is 16.6. The van der Waals surface area contributed by atoms with Crippen molar-refractivity contribution in [2.45, 2.75) is 6.92 Å². The molecule has 0 amide bonds. The molecule has 0 aromatic heterocycles. The van der Waals surface area contributed by atoms with Crippen LogP contribution in [0.2, 0.25) is 0 Å². The number of anilines is 1. The van der Waals surface area contributed by atoms with Crippen LogP contribution < -0.4 is 5.32 Å². The van der Waals surface area contributed by atoms with Crippen molar-refractivity contribution in [3.8, 4) is 0 Å². The molecule has 0 heterocycles. The second-order valence-corrected chi connectivity index (χ2v) is 4.60. The number of hydrogen-bond donors (Lipinski definition) is 1. The number of nitro groups is 1. The van der Waals surface area contributed by atoms with Gasteiger partial charge in [0.1, 0.15) is 0 Å². The minimum atomic E-state index is -0.367. The molecule has 0 fully saturated rings. The summed E-state index contributed by atoms with van der Waals surface area (Å²) in [7, 11) is 3.99. The summed E-state index contributed by atoms with van der Waals surface area (Å²) in [6.07, 6.45) is 0. The number of aryl methyl sites for hydroxylation is 1. The van der Waals surface area contributed by atoms with Gasteiger partial charge >= 0.3 is 0 Å². The summed E-state index contributed by atoms with van der Waals surface area (Å²) in [5.74, 6) is 0. The Bertz CT molecular complexity index is 422. The van der Waals surface area contributed by atoms with E-state index in [1.54, 1.807) is 19.1 Å². The molecule has 0 saturated carbocycles.